The first kappa shape index (κ1) is 24.0. The molecule has 1 aliphatic rings. The third kappa shape index (κ3) is 5.66. The molecule has 1 amide bonds. The molecule has 0 radical (unpaired) electrons. The molecule has 34 heavy (non-hydrogen) atoms. The van der Waals surface area contributed by atoms with Crippen LogP contribution >= 0.6 is 0 Å². The number of rotatable bonds is 9. The summed E-state index contributed by atoms with van der Waals surface area (Å²) in [5, 5.41) is 0. The number of ether oxygens (including phenoxy) is 2. The Morgan fingerprint density at radius 2 is 1.44 bits per heavy atom. The first-order valence-electron chi connectivity index (χ1n) is 12.2. The van der Waals surface area contributed by atoms with Gasteiger partial charge in [-0.25, -0.2) is 0 Å². The second-order valence-electron chi connectivity index (χ2n) is 8.44. The van der Waals surface area contributed by atoms with Crippen molar-refractivity contribution in [2.75, 3.05) is 39.4 Å². The van der Waals surface area contributed by atoms with Crippen LogP contribution in [-0.2, 0) is 11.3 Å². The lowest BCUT2D eigenvalue weighted by Gasteiger charge is -2.40. The van der Waals surface area contributed by atoms with Crippen molar-refractivity contribution in [3.05, 3.63) is 101 Å². The molecule has 0 atom stereocenters. The van der Waals surface area contributed by atoms with Crippen molar-refractivity contribution < 1.29 is 14.3 Å². The minimum Gasteiger partial charge on any atom is -0.494 e. The molecule has 1 fully saturated rings. The van der Waals surface area contributed by atoms with Crippen LogP contribution in [-0.4, -0.2) is 55.1 Å². The van der Waals surface area contributed by atoms with Crippen LogP contribution in [0.4, 0.5) is 0 Å². The van der Waals surface area contributed by atoms with E-state index in [1.54, 1.807) is 0 Å². The highest BCUT2D eigenvalue weighted by Gasteiger charge is 2.28. The fourth-order valence-electron chi connectivity index (χ4n) is 4.58. The van der Waals surface area contributed by atoms with Crippen LogP contribution in [0, 0.1) is 0 Å². The molecule has 3 aromatic carbocycles. The number of hydrogen-bond donors (Lipinski definition) is 0. The summed E-state index contributed by atoms with van der Waals surface area (Å²) in [7, 11) is 0. The van der Waals surface area contributed by atoms with E-state index in [1.165, 1.54) is 11.1 Å². The number of nitrogens with zero attached hydrogens (tertiary/aromatic N) is 2. The molecular weight excluding hydrogens is 424 g/mol. The van der Waals surface area contributed by atoms with Crippen molar-refractivity contribution in [3.63, 3.8) is 0 Å². The summed E-state index contributed by atoms with van der Waals surface area (Å²) in [6.07, 6.45) is 0. The van der Waals surface area contributed by atoms with E-state index >= 15 is 0 Å². The van der Waals surface area contributed by atoms with Gasteiger partial charge in [0.2, 0.25) is 0 Å². The van der Waals surface area contributed by atoms with Crippen molar-refractivity contribution in [1.29, 1.82) is 0 Å². The zero-order chi connectivity index (χ0) is 23.8. The summed E-state index contributed by atoms with van der Waals surface area (Å²) in [6.45, 7) is 8.61. The fraction of sp³-hybridized carbons (Fsp3) is 0.345. The van der Waals surface area contributed by atoms with Crippen molar-refractivity contribution in [3.8, 4) is 5.75 Å². The molecule has 3 aromatic rings. The zero-order valence-corrected chi connectivity index (χ0v) is 20.2. The first-order valence-corrected chi connectivity index (χ1v) is 12.2. The van der Waals surface area contributed by atoms with E-state index in [4.69, 9.17) is 9.47 Å². The average molecular weight is 459 g/mol. The molecule has 0 N–H and O–H groups in total. The maximum absolute atomic E-state index is 13.3. The monoisotopic (exact) mass is 458 g/mol. The van der Waals surface area contributed by atoms with Gasteiger partial charge in [0.05, 0.1) is 19.3 Å². The van der Waals surface area contributed by atoms with Crippen molar-refractivity contribution in [2.24, 2.45) is 0 Å². The standard InChI is InChI=1S/C29H34N2O3/c1-3-33-22-26-21-25(15-16-27(26)34-4-2)29(32)31-19-17-30(18-20-31)28(23-11-7-5-8-12-23)24-13-9-6-10-14-24/h5-16,21,28H,3-4,17-20,22H2,1-2H3. The van der Waals surface area contributed by atoms with Gasteiger partial charge in [0, 0.05) is 43.9 Å². The highest BCUT2D eigenvalue weighted by atomic mass is 16.5. The van der Waals surface area contributed by atoms with Crippen molar-refractivity contribution in [2.45, 2.75) is 26.5 Å². The molecule has 178 valence electrons. The average Bonchev–Trinajstić information content (AvgIpc) is 2.90. The molecule has 0 spiro atoms. The third-order valence-corrected chi connectivity index (χ3v) is 6.27. The van der Waals surface area contributed by atoms with Crippen LogP contribution in [0.3, 0.4) is 0 Å². The van der Waals surface area contributed by atoms with E-state index in [0.717, 1.165) is 24.4 Å². The van der Waals surface area contributed by atoms with Crippen LogP contribution in [0.2, 0.25) is 0 Å². The molecular formula is C29H34N2O3. The van der Waals surface area contributed by atoms with Crippen LogP contribution in [0.25, 0.3) is 0 Å². The summed E-state index contributed by atoms with van der Waals surface area (Å²) >= 11 is 0. The van der Waals surface area contributed by atoms with Crippen molar-refractivity contribution in [1.82, 2.24) is 9.80 Å². The molecule has 0 saturated carbocycles. The predicted octanol–water partition coefficient (Wildman–Crippen LogP) is 5.17. The molecule has 4 rings (SSSR count). The predicted molar refractivity (Wildman–Crippen MR) is 135 cm³/mol. The van der Waals surface area contributed by atoms with Gasteiger partial charge in [-0.1, -0.05) is 60.7 Å². The van der Waals surface area contributed by atoms with Gasteiger partial charge in [-0.3, -0.25) is 9.69 Å². The molecule has 5 heteroatoms. The summed E-state index contributed by atoms with van der Waals surface area (Å²) in [4.78, 5) is 17.8. The molecule has 0 aromatic heterocycles. The van der Waals surface area contributed by atoms with Gasteiger partial charge < -0.3 is 14.4 Å². The fourth-order valence-corrected chi connectivity index (χ4v) is 4.58. The molecule has 1 saturated heterocycles. The quantitative estimate of drug-likeness (QED) is 0.444. The Kier molecular flexibility index (Phi) is 8.34. The van der Waals surface area contributed by atoms with E-state index in [-0.39, 0.29) is 11.9 Å². The minimum absolute atomic E-state index is 0.0661. The largest absolute Gasteiger partial charge is 0.494 e. The molecule has 0 bridgehead atoms. The first-order chi connectivity index (χ1) is 16.7. The number of hydrogen-bond acceptors (Lipinski definition) is 4. The number of piperazine rings is 1. The van der Waals surface area contributed by atoms with Gasteiger partial charge in [0.25, 0.3) is 5.91 Å². The van der Waals surface area contributed by atoms with Gasteiger partial charge in [-0.15, -0.1) is 0 Å². The summed E-state index contributed by atoms with van der Waals surface area (Å²) in [5.74, 6) is 0.849. The van der Waals surface area contributed by atoms with Gasteiger partial charge in [0.1, 0.15) is 5.75 Å². The van der Waals surface area contributed by atoms with Gasteiger partial charge in [0.15, 0.2) is 0 Å². The van der Waals surface area contributed by atoms with Gasteiger partial charge in [-0.05, 0) is 43.2 Å². The summed E-state index contributed by atoms with van der Waals surface area (Å²) < 4.78 is 11.3. The summed E-state index contributed by atoms with van der Waals surface area (Å²) in [6, 6.07) is 27.1. The minimum atomic E-state index is 0.0661. The Labute approximate surface area is 202 Å². The maximum Gasteiger partial charge on any atom is 0.253 e. The SMILES string of the molecule is CCOCc1cc(C(=O)N2CCN(C(c3ccccc3)c3ccccc3)CC2)ccc1OCC. The number of carbonyl (C=O) groups is 1. The Hall–Kier alpha value is -3.15. The van der Waals surface area contributed by atoms with Crippen LogP contribution in [0.15, 0.2) is 78.9 Å². The lowest BCUT2D eigenvalue weighted by molar-refractivity contribution is 0.0597. The number of benzene rings is 3. The number of carbonyl (C=O) groups excluding carboxylic acids is 1. The van der Waals surface area contributed by atoms with E-state index in [2.05, 4.69) is 65.6 Å². The van der Waals surface area contributed by atoms with Crippen molar-refractivity contribution >= 4 is 5.91 Å². The van der Waals surface area contributed by atoms with E-state index in [1.807, 2.05) is 36.9 Å². The van der Waals surface area contributed by atoms with Crippen LogP contribution in [0.5, 0.6) is 5.75 Å². The zero-order valence-electron chi connectivity index (χ0n) is 20.2. The second kappa shape index (κ2) is 11.8. The highest BCUT2D eigenvalue weighted by molar-refractivity contribution is 5.94. The maximum atomic E-state index is 13.3. The van der Waals surface area contributed by atoms with Crippen LogP contribution < -0.4 is 4.74 Å². The summed E-state index contributed by atoms with van der Waals surface area (Å²) in [5.41, 5.74) is 4.16. The van der Waals surface area contributed by atoms with E-state index < -0.39 is 0 Å². The normalized spacial score (nSPS) is 14.4. The Morgan fingerprint density at radius 1 is 0.824 bits per heavy atom. The smallest absolute Gasteiger partial charge is 0.253 e. The molecule has 1 aliphatic heterocycles. The van der Waals surface area contributed by atoms with Gasteiger partial charge in [-0.2, -0.15) is 0 Å². The molecule has 1 heterocycles. The lowest BCUT2D eigenvalue weighted by atomic mass is 9.96. The molecule has 0 aliphatic carbocycles. The second-order valence-corrected chi connectivity index (χ2v) is 8.44. The van der Waals surface area contributed by atoms with E-state index in [9.17, 15) is 4.79 Å². The highest BCUT2D eigenvalue weighted by Crippen LogP contribution is 2.30. The Bertz CT molecular complexity index is 1010. The lowest BCUT2D eigenvalue weighted by Crippen LogP contribution is -2.49. The number of amides is 1. The molecule has 0 unspecified atom stereocenters. The van der Waals surface area contributed by atoms with Crippen LogP contribution in [0.1, 0.15) is 46.9 Å². The third-order valence-electron chi connectivity index (χ3n) is 6.27. The Balaban J connectivity index is 1.48. The molecule has 5 nitrogen and oxygen atoms in total. The topological polar surface area (TPSA) is 42.0 Å². The van der Waals surface area contributed by atoms with Gasteiger partial charge >= 0.3 is 0 Å². The Morgan fingerprint density at radius 3 is 2.00 bits per heavy atom. The van der Waals surface area contributed by atoms with E-state index in [0.29, 0.717) is 38.5 Å².